The largest absolute Gasteiger partial charge is 0.493 e. The Morgan fingerprint density at radius 1 is 1.11 bits per heavy atom. The van der Waals surface area contributed by atoms with Gasteiger partial charge in [-0.2, -0.15) is 0 Å². The van der Waals surface area contributed by atoms with Crippen LogP contribution < -0.4 is 14.2 Å². The zero-order chi connectivity index (χ0) is 27.2. The number of fused-ring (bicyclic) bond motifs is 1. The van der Waals surface area contributed by atoms with E-state index in [9.17, 15) is 19.5 Å². The van der Waals surface area contributed by atoms with Crippen molar-refractivity contribution in [3.63, 3.8) is 0 Å². The average Bonchev–Trinajstić information content (AvgIpc) is 3.29. The van der Waals surface area contributed by atoms with Gasteiger partial charge >= 0.3 is 17.9 Å². The Kier molecular flexibility index (Phi) is 9.75. The third-order valence-electron chi connectivity index (χ3n) is 5.81. The van der Waals surface area contributed by atoms with Crippen molar-refractivity contribution in [2.24, 2.45) is 5.92 Å². The number of rotatable bonds is 11. The van der Waals surface area contributed by atoms with Crippen molar-refractivity contribution in [3.8, 4) is 17.2 Å². The number of esters is 3. The predicted octanol–water partition coefficient (Wildman–Crippen LogP) is 3.63. The summed E-state index contributed by atoms with van der Waals surface area (Å²) in [5, 5.41) is 10.8. The Morgan fingerprint density at radius 2 is 1.78 bits per heavy atom. The molecule has 0 bridgehead atoms. The van der Waals surface area contributed by atoms with Gasteiger partial charge in [-0.25, -0.2) is 9.59 Å². The highest BCUT2D eigenvalue weighted by molar-refractivity contribution is 5.88. The zero-order valence-electron chi connectivity index (χ0n) is 22.1. The summed E-state index contributed by atoms with van der Waals surface area (Å²) in [7, 11) is 1.45. The van der Waals surface area contributed by atoms with Crippen LogP contribution in [0.1, 0.15) is 66.6 Å². The molecule has 200 valence electrons. The first kappa shape index (κ1) is 29.0. The number of hydrogen-bond donors (Lipinski definition) is 1. The standard InChI is InChI=1S/C26H36O10/c1-9-15(4)24(28)36-22(18-11-19(31-8)23-20(12-18)32-13-33-23)16(5)34-25(29)26(7,30)17(6)35-21(27)10-14(2)3/h9,11-12,14,16-17,22,30H,10,13H2,1-8H3. The van der Waals surface area contributed by atoms with Gasteiger partial charge in [0.2, 0.25) is 12.5 Å². The summed E-state index contributed by atoms with van der Waals surface area (Å²) < 4.78 is 32.7. The van der Waals surface area contributed by atoms with Gasteiger partial charge in [-0.1, -0.05) is 19.9 Å². The molecule has 1 aliphatic rings. The van der Waals surface area contributed by atoms with Crippen molar-refractivity contribution < 1.29 is 47.9 Å². The highest BCUT2D eigenvalue weighted by Crippen LogP contribution is 2.44. The number of benzene rings is 1. The van der Waals surface area contributed by atoms with Crippen LogP contribution in [0.2, 0.25) is 0 Å². The van der Waals surface area contributed by atoms with Gasteiger partial charge in [0.25, 0.3) is 0 Å². The van der Waals surface area contributed by atoms with Crippen molar-refractivity contribution in [2.45, 2.75) is 78.8 Å². The molecule has 10 heteroatoms. The van der Waals surface area contributed by atoms with E-state index in [2.05, 4.69) is 0 Å². The highest BCUT2D eigenvalue weighted by Gasteiger charge is 2.43. The Hall–Kier alpha value is -3.27. The fourth-order valence-corrected chi connectivity index (χ4v) is 3.28. The summed E-state index contributed by atoms with van der Waals surface area (Å²) in [4.78, 5) is 37.6. The molecule has 0 radical (unpaired) electrons. The minimum atomic E-state index is -2.15. The molecule has 1 aromatic carbocycles. The molecule has 4 unspecified atom stereocenters. The van der Waals surface area contributed by atoms with Gasteiger partial charge in [0.15, 0.2) is 23.2 Å². The molecule has 0 fully saturated rings. The van der Waals surface area contributed by atoms with Crippen molar-refractivity contribution in [1.82, 2.24) is 0 Å². The fraction of sp³-hybridized carbons (Fsp3) is 0.577. The minimum absolute atomic E-state index is 0.00188. The van der Waals surface area contributed by atoms with Crippen LogP contribution in [-0.2, 0) is 28.6 Å². The van der Waals surface area contributed by atoms with Crippen LogP contribution in [0.25, 0.3) is 0 Å². The van der Waals surface area contributed by atoms with E-state index in [0.717, 1.165) is 0 Å². The number of carbonyl (C=O) groups excluding carboxylic acids is 3. The molecule has 1 heterocycles. The molecule has 0 aromatic heterocycles. The molecule has 2 rings (SSSR count). The van der Waals surface area contributed by atoms with Gasteiger partial charge in [-0.05, 0) is 52.7 Å². The van der Waals surface area contributed by atoms with Crippen molar-refractivity contribution in [2.75, 3.05) is 13.9 Å². The second-order valence-corrected chi connectivity index (χ2v) is 9.24. The quantitative estimate of drug-likeness (QED) is 0.269. The predicted molar refractivity (Wildman–Crippen MR) is 129 cm³/mol. The van der Waals surface area contributed by atoms with Crippen molar-refractivity contribution in [3.05, 3.63) is 29.3 Å². The lowest BCUT2D eigenvalue weighted by molar-refractivity contribution is -0.193. The molecule has 0 saturated heterocycles. The Labute approximate surface area is 211 Å². The first-order chi connectivity index (χ1) is 16.8. The summed E-state index contributed by atoms with van der Waals surface area (Å²) in [6, 6.07) is 3.20. The second-order valence-electron chi connectivity index (χ2n) is 9.24. The summed E-state index contributed by atoms with van der Waals surface area (Å²) in [6.07, 6.45) is -1.59. The van der Waals surface area contributed by atoms with Gasteiger partial charge in [0.1, 0.15) is 12.2 Å². The number of hydrogen-bond acceptors (Lipinski definition) is 10. The number of allylic oxidation sites excluding steroid dienone is 1. The van der Waals surface area contributed by atoms with Crippen LogP contribution in [0.3, 0.4) is 0 Å². The van der Waals surface area contributed by atoms with Crippen LogP contribution in [-0.4, -0.2) is 54.7 Å². The van der Waals surface area contributed by atoms with Crippen LogP contribution in [0.4, 0.5) is 0 Å². The Bertz CT molecular complexity index is 995. The Balaban J connectivity index is 2.31. The van der Waals surface area contributed by atoms with Crippen LogP contribution in [0.5, 0.6) is 17.2 Å². The second kappa shape index (κ2) is 12.1. The number of aliphatic hydroxyl groups is 1. The molecule has 10 nitrogen and oxygen atoms in total. The molecule has 36 heavy (non-hydrogen) atoms. The monoisotopic (exact) mass is 508 g/mol. The molecule has 1 aliphatic heterocycles. The highest BCUT2D eigenvalue weighted by atomic mass is 16.7. The molecule has 0 aliphatic carbocycles. The lowest BCUT2D eigenvalue weighted by atomic mass is 9.99. The lowest BCUT2D eigenvalue weighted by Crippen LogP contribution is -2.49. The summed E-state index contributed by atoms with van der Waals surface area (Å²) in [5.41, 5.74) is -1.38. The molecule has 4 atom stereocenters. The Morgan fingerprint density at radius 3 is 2.36 bits per heavy atom. The number of carbonyl (C=O) groups is 3. The smallest absolute Gasteiger partial charge is 0.342 e. The normalized spacial score (nSPS) is 17.0. The molecular weight excluding hydrogens is 472 g/mol. The van der Waals surface area contributed by atoms with Gasteiger partial charge in [-0.15, -0.1) is 0 Å². The lowest BCUT2D eigenvalue weighted by Gasteiger charge is -2.31. The molecule has 1 aromatic rings. The van der Waals surface area contributed by atoms with Gasteiger partial charge in [0.05, 0.1) is 7.11 Å². The minimum Gasteiger partial charge on any atom is -0.493 e. The van der Waals surface area contributed by atoms with Crippen molar-refractivity contribution >= 4 is 17.9 Å². The van der Waals surface area contributed by atoms with E-state index in [1.54, 1.807) is 32.1 Å². The van der Waals surface area contributed by atoms with E-state index in [1.165, 1.54) is 27.9 Å². The third-order valence-corrected chi connectivity index (χ3v) is 5.81. The van der Waals surface area contributed by atoms with Crippen LogP contribution in [0.15, 0.2) is 23.8 Å². The number of ether oxygens (including phenoxy) is 6. The zero-order valence-corrected chi connectivity index (χ0v) is 22.1. The van der Waals surface area contributed by atoms with E-state index in [0.29, 0.717) is 28.4 Å². The van der Waals surface area contributed by atoms with Crippen LogP contribution >= 0.6 is 0 Å². The molecule has 0 saturated carbocycles. The first-order valence-corrected chi connectivity index (χ1v) is 11.8. The average molecular weight is 509 g/mol. The van der Waals surface area contributed by atoms with E-state index >= 15 is 0 Å². The van der Waals surface area contributed by atoms with Crippen LogP contribution in [0, 0.1) is 5.92 Å². The maximum absolute atomic E-state index is 13.0. The number of methoxy groups -OCH3 is 1. The van der Waals surface area contributed by atoms with E-state index in [4.69, 9.17) is 28.4 Å². The summed E-state index contributed by atoms with van der Waals surface area (Å²) in [5.74, 6) is -1.03. The summed E-state index contributed by atoms with van der Waals surface area (Å²) >= 11 is 0. The SMILES string of the molecule is CC=C(C)C(=O)OC(c1cc(OC)c2c(c1)OCO2)C(C)OC(=O)C(C)(O)C(C)OC(=O)CC(C)C. The van der Waals surface area contributed by atoms with Gasteiger partial charge < -0.3 is 33.5 Å². The topological polar surface area (TPSA) is 127 Å². The van der Waals surface area contributed by atoms with Crippen molar-refractivity contribution in [1.29, 1.82) is 0 Å². The van der Waals surface area contributed by atoms with Gasteiger partial charge in [0, 0.05) is 17.6 Å². The van der Waals surface area contributed by atoms with E-state index in [-0.39, 0.29) is 19.1 Å². The summed E-state index contributed by atoms with van der Waals surface area (Å²) in [6.45, 7) is 11.1. The maximum atomic E-state index is 13.0. The van der Waals surface area contributed by atoms with E-state index < -0.39 is 41.8 Å². The molecular formula is C26H36O10. The first-order valence-electron chi connectivity index (χ1n) is 11.8. The maximum Gasteiger partial charge on any atom is 0.342 e. The third kappa shape index (κ3) is 6.90. The van der Waals surface area contributed by atoms with Gasteiger partial charge in [-0.3, -0.25) is 4.79 Å². The molecule has 1 N–H and O–H groups in total. The fourth-order valence-electron chi connectivity index (χ4n) is 3.28. The van der Waals surface area contributed by atoms with E-state index in [1.807, 2.05) is 13.8 Å². The molecule has 0 amide bonds. The molecule has 0 spiro atoms.